The molecule has 4 atom stereocenters. The number of anilines is 1. The zero-order valence-corrected chi connectivity index (χ0v) is 18.7. The topological polar surface area (TPSA) is 72.1 Å². The Bertz CT molecular complexity index is 781. The molecule has 1 aromatic rings. The van der Waals surface area contributed by atoms with Gasteiger partial charge >= 0.3 is 0 Å². The predicted molar refractivity (Wildman–Crippen MR) is 125 cm³/mol. The van der Waals surface area contributed by atoms with Gasteiger partial charge in [-0.2, -0.15) is 0 Å². The van der Waals surface area contributed by atoms with E-state index in [0.29, 0.717) is 24.7 Å². The average Bonchev–Trinajstić information content (AvgIpc) is 3.29. The molecule has 31 heavy (non-hydrogen) atoms. The molecular weight excluding hydrogens is 388 g/mol. The van der Waals surface area contributed by atoms with E-state index in [9.17, 15) is 0 Å². The van der Waals surface area contributed by atoms with E-state index >= 15 is 0 Å². The molecule has 0 spiro atoms. The standard InChI is InChI=1S/C25H38N4O2/c26-15-18-5-3-6-19(13-18)16-27-25(28-21-10-11-23-24(14-21)31-17-30-23)29-12-4-8-20-7-1-2-9-22(20)29/h10-11,14,18-20,22H,1-9,12-13,15-17,26H2,(H,27,28). The van der Waals surface area contributed by atoms with Crippen LogP contribution in [0.4, 0.5) is 5.69 Å². The summed E-state index contributed by atoms with van der Waals surface area (Å²) in [4.78, 5) is 7.84. The average molecular weight is 427 g/mol. The molecule has 6 heteroatoms. The lowest BCUT2D eigenvalue weighted by molar-refractivity contribution is 0.119. The van der Waals surface area contributed by atoms with Crippen molar-refractivity contribution in [2.45, 2.75) is 70.3 Å². The molecule has 170 valence electrons. The summed E-state index contributed by atoms with van der Waals surface area (Å²) in [6.07, 6.45) is 13.1. The van der Waals surface area contributed by atoms with Crippen LogP contribution in [0.3, 0.4) is 0 Å². The van der Waals surface area contributed by atoms with Gasteiger partial charge in [0.2, 0.25) is 6.79 Å². The van der Waals surface area contributed by atoms with Crippen LogP contribution in [-0.4, -0.2) is 43.3 Å². The number of hydrogen-bond donors (Lipinski definition) is 2. The first-order valence-electron chi connectivity index (χ1n) is 12.5. The summed E-state index contributed by atoms with van der Waals surface area (Å²) in [6.45, 7) is 3.13. The second kappa shape index (κ2) is 9.68. The first kappa shape index (κ1) is 20.9. The molecule has 4 unspecified atom stereocenters. The maximum Gasteiger partial charge on any atom is 0.231 e. The minimum atomic E-state index is 0.305. The first-order chi connectivity index (χ1) is 15.3. The van der Waals surface area contributed by atoms with Gasteiger partial charge in [0.1, 0.15) is 0 Å². The summed E-state index contributed by atoms with van der Waals surface area (Å²) in [7, 11) is 0. The number of nitrogens with zero attached hydrogens (tertiary/aromatic N) is 2. The van der Waals surface area contributed by atoms with Gasteiger partial charge in [-0.05, 0) is 81.4 Å². The van der Waals surface area contributed by atoms with E-state index in [-0.39, 0.29) is 0 Å². The Morgan fingerprint density at radius 2 is 1.84 bits per heavy atom. The number of aliphatic imine (C=N–C) groups is 1. The number of benzene rings is 1. The maximum atomic E-state index is 5.98. The van der Waals surface area contributed by atoms with Crippen LogP contribution in [0, 0.1) is 17.8 Å². The number of likely N-dealkylation sites (tertiary alicyclic amines) is 1. The number of hydrogen-bond acceptors (Lipinski definition) is 4. The van der Waals surface area contributed by atoms with E-state index in [1.165, 1.54) is 64.2 Å². The Hall–Kier alpha value is -1.95. The SMILES string of the molecule is NCC1CCCC(CN=C(Nc2ccc3c(c2)OCO3)N2CCCC3CCCCC32)C1. The van der Waals surface area contributed by atoms with Crippen LogP contribution in [0.25, 0.3) is 0 Å². The van der Waals surface area contributed by atoms with Crippen molar-refractivity contribution in [3.05, 3.63) is 18.2 Å². The zero-order chi connectivity index (χ0) is 21.0. The third-order valence-corrected chi connectivity index (χ3v) is 7.87. The molecule has 0 aromatic heterocycles. The third-order valence-electron chi connectivity index (χ3n) is 7.87. The molecule has 3 N–H and O–H groups in total. The van der Waals surface area contributed by atoms with E-state index < -0.39 is 0 Å². The summed E-state index contributed by atoms with van der Waals surface area (Å²) in [6, 6.07) is 6.75. The Morgan fingerprint density at radius 1 is 1.00 bits per heavy atom. The van der Waals surface area contributed by atoms with Gasteiger partial charge in [0.15, 0.2) is 17.5 Å². The highest BCUT2D eigenvalue weighted by atomic mass is 16.7. The van der Waals surface area contributed by atoms with Crippen molar-refractivity contribution in [1.82, 2.24) is 4.90 Å². The van der Waals surface area contributed by atoms with Crippen LogP contribution in [0.5, 0.6) is 11.5 Å². The normalized spacial score (nSPS) is 30.7. The molecule has 0 radical (unpaired) electrons. The number of rotatable bonds is 4. The van der Waals surface area contributed by atoms with Gasteiger partial charge in [-0.25, -0.2) is 0 Å². The van der Waals surface area contributed by atoms with Crippen LogP contribution < -0.4 is 20.5 Å². The van der Waals surface area contributed by atoms with E-state index in [1.807, 2.05) is 12.1 Å². The number of guanidine groups is 1. The van der Waals surface area contributed by atoms with E-state index in [1.54, 1.807) is 0 Å². The Morgan fingerprint density at radius 3 is 2.77 bits per heavy atom. The molecule has 1 aromatic carbocycles. The van der Waals surface area contributed by atoms with Crippen LogP contribution in [0.2, 0.25) is 0 Å². The lowest BCUT2D eigenvalue weighted by Crippen LogP contribution is -2.52. The second-order valence-corrected chi connectivity index (χ2v) is 9.94. The molecular formula is C25H38N4O2. The Balaban J connectivity index is 1.36. The summed E-state index contributed by atoms with van der Waals surface area (Å²) < 4.78 is 11.1. The van der Waals surface area contributed by atoms with Gasteiger partial charge < -0.3 is 25.4 Å². The smallest absolute Gasteiger partial charge is 0.231 e. The Labute approximate surface area is 186 Å². The third kappa shape index (κ3) is 4.79. The lowest BCUT2D eigenvalue weighted by Gasteiger charge is -2.45. The summed E-state index contributed by atoms with van der Waals surface area (Å²) >= 11 is 0. The highest BCUT2D eigenvalue weighted by Crippen LogP contribution is 2.37. The van der Waals surface area contributed by atoms with Gasteiger partial charge in [0, 0.05) is 30.9 Å². The van der Waals surface area contributed by atoms with E-state index in [2.05, 4.69) is 16.3 Å². The highest BCUT2D eigenvalue weighted by molar-refractivity contribution is 5.94. The number of ether oxygens (including phenoxy) is 2. The quantitative estimate of drug-likeness (QED) is 0.544. The minimum Gasteiger partial charge on any atom is -0.454 e. The van der Waals surface area contributed by atoms with Crippen molar-refractivity contribution in [3.63, 3.8) is 0 Å². The fourth-order valence-electron chi connectivity index (χ4n) is 6.19. The molecule has 2 saturated carbocycles. The zero-order valence-electron chi connectivity index (χ0n) is 18.7. The first-order valence-corrected chi connectivity index (χ1v) is 12.5. The summed E-state index contributed by atoms with van der Waals surface area (Å²) in [5.74, 6) is 4.86. The van der Waals surface area contributed by atoms with E-state index in [4.69, 9.17) is 20.2 Å². The van der Waals surface area contributed by atoms with Crippen molar-refractivity contribution >= 4 is 11.6 Å². The number of nitrogens with two attached hydrogens (primary N) is 1. The minimum absolute atomic E-state index is 0.305. The molecule has 1 saturated heterocycles. The van der Waals surface area contributed by atoms with Crippen LogP contribution in [-0.2, 0) is 0 Å². The van der Waals surface area contributed by atoms with Crippen LogP contribution in [0.15, 0.2) is 23.2 Å². The fraction of sp³-hybridized carbons (Fsp3) is 0.720. The highest BCUT2D eigenvalue weighted by Gasteiger charge is 2.35. The largest absolute Gasteiger partial charge is 0.454 e. The fourth-order valence-corrected chi connectivity index (χ4v) is 6.19. The molecule has 2 heterocycles. The molecule has 0 bridgehead atoms. The van der Waals surface area contributed by atoms with Crippen molar-refractivity contribution < 1.29 is 9.47 Å². The van der Waals surface area contributed by atoms with Gasteiger partial charge in [0.05, 0.1) is 0 Å². The lowest BCUT2D eigenvalue weighted by atomic mass is 9.78. The summed E-state index contributed by atoms with van der Waals surface area (Å²) in [5, 5.41) is 3.69. The van der Waals surface area contributed by atoms with Gasteiger partial charge in [-0.15, -0.1) is 0 Å². The van der Waals surface area contributed by atoms with Gasteiger partial charge in [0.25, 0.3) is 0 Å². The molecule has 4 aliphatic rings. The van der Waals surface area contributed by atoms with Crippen molar-refractivity contribution in [3.8, 4) is 11.5 Å². The molecule has 2 aliphatic heterocycles. The molecule has 2 aliphatic carbocycles. The number of nitrogens with one attached hydrogen (secondary N) is 1. The van der Waals surface area contributed by atoms with Crippen LogP contribution in [0.1, 0.15) is 64.2 Å². The van der Waals surface area contributed by atoms with E-state index in [0.717, 1.165) is 48.7 Å². The van der Waals surface area contributed by atoms with Crippen molar-refractivity contribution in [2.75, 3.05) is 31.7 Å². The summed E-state index contributed by atoms with van der Waals surface area (Å²) in [5.41, 5.74) is 7.01. The van der Waals surface area contributed by atoms with Crippen molar-refractivity contribution in [1.29, 1.82) is 0 Å². The molecule has 5 rings (SSSR count). The maximum absolute atomic E-state index is 5.98. The number of piperidine rings is 1. The van der Waals surface area contributed by atoms with Gasteiger partial charge in [-0.1, -0.05) is 19.3 Å². The van der Waals surface area contributed by atoms with Crippen LogP contribution >= 0.6 is 0 Å². The Kier molecular flexibility index (Phi) is 6.53. The molecule has 0 amide bonds. The molecule has 3 fully saturated rings. The second-order valence-electron chi connectivity index (χ2n) is 9.94. The number of fused-ring (bicyclic) bond motifs is 2. The monoisotopic (exact) mass is 426 g/mol. The van der Waals surface area contributed by atoms with Crippen molar-refractivity contribution in [2.24, 2.45) is 28.5 Å². The predicted octanol–water partition coefficient (Wildman–Crippen LogP) is 4.60. The van der Waals surface area contributed by atoms with Gasteiger partial charge in [-0.3, -0.25) is 4.99 Å². The molecule has 6 nitrogen and oxygen atoms in total.